The van der Waals surface area contributed by atoms with Crippen LogP contribution in [0.2, 0.25) is 0 Å². The number of nitrogens with zero attached hydrogens (tertiary/aromatic N) is 2. The van der Waals surface area contributed by atoms with Crippen molar-refractivity contribution in [1.82, 2.24) is 14.9 Å². The summed E-state index contributed by atoms with van der Waals surface area (Å²) in [5.74, 6) is 1.76. The van der Waals surface area contributed by atoms with Crippen molar-refractivity contribution < 1.29 is 9.84 Å². The summed E-state index contributed by atoms with van der Waals surface area (Å²) in [6, 6.07) is 7.98. The molecule has 5 heteroatoms. The molecule has 0 amide bonds. The van der Waals surface area contributed by atoms with Crippen LogP contribution in [0.5, 0.6) is 5.75 Å². The van der Waals surface area contributed by atoms with Gasteiger partial charge in [0.25, 0.3) is 0 Å². The number of benzene rings is 1. The smallest absolute Gasteiger partial charge is 0.119 e. The molecule has 2 aromatic rings. The van der Waals surface area contributed by atoms with E-state index in [1.54, 1.807) is 7.11 Å². The maximum atomic E-state index is 9.21. The van der Waals surface area contributed by atoms with Crippen LogP contribution >= 0.6 is 0 Å². The summed E-state index contributed by atoms with van der Waals surface area (Å²) in [6.45, 7) is 4.18. The Morgan fingerprint density at radius 1 is 1.35 bits per heavy atom. The zero-order chi connectivity index (χ0) is 14.4. The number of nitrogens with one attached hydrogen (secondary N) is 1. The number of hydrogen-bond acceptors (Lipinski definition) is 4. The van der Waals surface area contributed by atoms with Gasteiger partial charge in [0.2, 0.25) is 0 Å². The third-order valence-electron chi connectivity index (χ3n) is 3.11. The maximum Gasteiger partial charge on any atom is 0.119 e. The summed E-state index contributed by atoms with van der Waals surface area (Å²) < 4.78 is 5.23. The topological polar surface area (TPSA) is 61.4 Å². The lowest BCUT2D eigenvalue weighted by atomic mass is 10.2. The van der Waals surface area contributed by atoms with E-state index in [2.05, 4.69) is 20.9 Å². The molecule has 0 aliphatic heterocycles. The van der Waals surface area contributed by atoms with Gasteiger partial charge in [0.1, 0.15) is 11.6 Å². The van der Waals surface area contributed by atoms with Crippen LogP contribution in [-0.4, -0.2) is 40.2 Å². The van der Waals surface area contributed by atoms with Gasteiger partial charge in [-0.25, -0.2) is 4.98 Å². The van der Waals surface area contributed by atoms with Crippen LogP contribution in [0.25, 0.3) is 0 Å². The first-order valence-corrected chi connectivity index (χ1v) is 6.68. The van der Waals surface area contributed by atoms with E-state index in [0.717, 1.165) is 35.9 Å². The van der Waals surface area contributed by atoms with Crippen molar-refractivity contribution in [2.24, 2.45) is 0 Å². The van der Waals surface area contributed by atoms with Crippen LogP contribution in [0.4, 0.5) is 0 Å². The number of aryl methyl sites for hydroxylation is 1. The molecule has 1 heterocycles. The van der Waals surface area contributed by atoms with Crippen molar-refractivity contribution in [2.75, 3.05) is 20.3 Å². The number of imidazole rings is 1. The standard InChI is InChI=1S/C15H21N3O2/c1-12-16-9-14(17-12)11-18(6-7-19)10-13-4-3-5-15(8-13)20-2/h3-5,8-9,19H,6-7,10-11H2,1-2H3,(H,16,17). The van der Waals surface area contributed by atoms with E-state index in [1.807, 2.05) is 31.3 Å². The molecule has 0 spiro atoms. The monoisotopic (exact) mass is 275 g/mol. The number of methoxy groups -OCH3 is 1. The highest BCUT2D eigenvalue weighted by atomic mass is 16.5. The number of aromatic amines is 1. The van der Waals surface area contributed by atoms with Crippen molar-refractivity contribution in [2.45, 2.75) is 20.0 Å². The van der Waals surface area contributed by atoms with E-state index in [1.165, 1.54) is 0 Å². The number of aromatic nitrogens is 2. The number of H-pyrrole nitrogens is 1. The zero-order valence-electron chi connectivity index (χ0n) is 12.0. The van der Waals surface area contributed by atoms with Crippen molar-refractivity contribution >= 4 is 0 Å². The molecule has 5 nitrogen and oxygen atoms in total. The molecule has 0 aliphatic rings. The second-order valence-corrected chi connectivity index (χ2v) is 4.78. The average Bonchev–Trinajstić information content (AvgIpc) is 2.84. The van der Waals surface area contributed by atoms with E-state index < -0.39 is 0 Å². The predicted octanol–water partition coefficient (Wildman–Crippen LogP) is 1.72. The number of rotatable bonds is 7. The summed E-state index contributed by atoms with van der Waals surface area (Å²) in [5, 5.41) is 9.21. The van der Waals surface area contributed by atoms with Crippen LogP contribution in [0.15, 0.2) is 30.5 Å². The summed E-state index contributed by atoms with van der Waals surface area (Å²) >= 11 is 0. The van der Waals surface area contributed by atoms with Gasteiger partial charge in [-0.1, -0.05) is 12.1 Å². The van der Waals surface area contributed by atoms with Crippen LogP contribution in [0.3, 0.4) is 0 Å². The molecule has 0 saturated heterocycles. The van der Waals surface area contributed by atoms with E-state index in [-0.39, 0.29) is 6.61 Å². The highest BCUT2D eigenvalue weighted by Gasteiger charge is 2.08. The van der Waals surface area contributed by atoms with Crippen molar-refractivity contribution in [3.05, 3.63) is 47.5 Å². The molecule has 0 unspecified atom stereocenters. The molecule has 1 aromatic carbocycles. The Labute approximate surface area is 119 Å². The maximum absolute atomic E-state index is 9.21. The predicted molar refractivity (Wildman–Crippen MR) is 77.5 cm³/mol. The Bertz CT molecular complexity index is 539. The van der Waals surface area contributed by atoms with Gasteiger partial charge in [0, 0.05) is 31.5 Å². The summed E-state index contributed by atoms with van der Waals surface area (Å²) in [7, 11) is 1.66. The Balaban J connectivity index is 2.04. The molecular formula is C15H21N3O2. The van der Waals surface area contributed by atoms with Crippen molar-refractivity contribution in [3.63, 3.8) is 0 Å². The Kier molecular flexibility index (Phi) is 5.15. The largest absolute Gasteiger partial charge is 0.497 e. The Morgan fingerprint density at radius 3 is 2.85 bits per heavy atom. The van der Waals surface area contributed by atoms with Crippen LogP contribution in [0, 0.1) is 6.92 Å². The zero-order valence-corrected chi connectivity index (χ0v) is 12.0. The fraction of sp³-hybridized carbons (Fsp3) is 0.400. The molecule has 0 saturated carbocycles. The number of hydrogen-bond donors (Lipinski definition) is 2. The van der Waals surface area contributed by atoms with Gasteiger partial charge in [-0.2, -0.15) is 0 Å². The van der Waals surface area contributed by atoms with E-state index in [9.17, 15) is 5.11 Å². The van der Waals surface area contributed by atoms with Gasteiger partial charge in [0.15, 0.2) is 0 Å². The van der Waals surface area contributed by atoms with Gasteiger partial charge < -0.3 is 14.8 Å². The molecule has 0 atom stereocenters. The molecular weight excluding hydrogens is 254 g/mol. The van der Waals surface area contributed by atoms with E-state index in [0.29, 0.717) is 6.54 Å². The highest BCUT2D eigenvalue weighted by Crippen LogP contribution is 2.15. The van der Waals surface area contributed by atoms with Crippen molar-refractivity contribution in [3.8, 4) is 5.75 Å². The van der Waals surface area contributed by atoms with Crippen LogP contribution in [0.1, 0.15) is 17.1 Å². The normalized spacial score (nSPS) is 11.0. The van der Waals surface area contributed by atoms with E-state index >= 15 is 0 Å². The third-order valence-corrected chi connectivity index (χ3v) is 3.11. The van der Waals surface area contributed by atoms with Crippen molar-refractivity contribution in [1.29, 1.82) is 0 Å². The molecule has 0 radical (unpaired) electrons. The molecule has 1 aromatic heterocycles. The van der Waals surface area contributed by atoms with Gasteiger partial charge in [-0.3, -0.25) is 4.90 Å². The lowest BCUT2D eigenvalue weighted by Crippen LogP contribution is -2.26. The molecule has 0 bridgehead atoms. The van der Waals surface area contributed by atoms with E-state index in [4.69, 9.17) is 4.74 Å². The van der Waals surface area contributed by atoms with Gasteiger partial charge in [0.05, 0.1) is 13.7 Å². The summed E-state index contributed by atoms with van der Waals surface area (Å²) in [6.07, 6.45) is 1.84. The SMILES string of the molecule is COc1cccc(CN(CCO)Cc2cnc(C)[nH]2)c1. The number of aliphatic hydroxyl groups excluding tert-OH is 1. The first-order valence-electron chi connectivity index (χ1n) is 6.68. The second kappa shape index (κ2) is 7.07. The molecule has 20 heavy (non-hydrogen) atoms. The Morgan fingerprint density at radius 2 is 2.20 bits per heavy atom. The molecule has 2 rings (SSSR count). The minimum atomic E-state index is 0.136. The minimum absolute atomic E-state index is 0.136. The number of ether oxygens (including phenoxy) is 1. The van der Waals surface area contributed by atoms with Gasteiger partial charge >= 0.3 is 0 Å². The summed E-state index contributed by atoms with van der Waals surface area (Å²) in [5.41, 5.74) is 2.22. The first-order chi connectivity index (χ1) is 9.71. The fourth-order valence-electron chi connectivity index (χ4n) is 2.18. The third kappa shape index (κ3) is 4.08. The molecule has 2 N–H and O–H groups in total. The molecule has 108 valence electrons. The Hall–Kier alpha value is -1.85. The van der Waals surface area contributed by atoms with Crippen LogP contribution < -0.4 is 4.74 Å². The minimum Gasteiger partial charge on any atom is -0.497 e. The van der Waals surface area contributed by atoms with Gasteiger partial charge in [-0.15, -0.1) is 0 Å². The van der Waals surface area contributed by atoms with Crippen LogP contribution in [-0.2, 0) is 13.1 Å². The lowest BCUT2D eigenvalue weighted by molar-refractivity contribution is 0.183. The quantitative estimate of drug-likeness (QED) is 0.807. The second-order valence-electron chi connectivity index (χ2n) is 4.78. The first kappa shape index (κ1) is 14.6. The molecule has 0 aliphatic carbocycles. The molecule has 0 fully saturated rings. The summed E-state index contributed by atoms with van der Waals surface area (Å²) in [4.78, 5) is 9.58. The van der Waals surface area contributed by atoms with Gasteiger partial charge in [-0.05, 0) is 24.6 Å². The fourth-order valence-corrected chi connectivity index (χ4v) is 2.18. The lowest BCUT2D eigenvalue weighted by Gasteiger charge is -2.20. The highest BCUT2D eigenvalue weighted by molar-refractivity contribution is 5.28. The average molecular weight is 275 g/mol. The number of aliphatic hydroxyl groups is 1.